The first-order chi connectivity index (χ1) is 13.2. The van der Waals surface area contributed by atoms with Gasteiger partial charge in [-0.25, -0.2) is 4.98 Å². The third-order valence-corrected chi connectivity index (χ3v) is 4.84. The minimum atomic E-state index is -0.0896. The third-order valence-electron chi connectivity index (χ3n) is 4.84. The van der Waals surface area contributed by atoms with Crippen molar-refractivity contribution < 1.29 is 9.53 Å². The SMILES string of the molecule is CCCCC(=O)OCCCn1c(CCCC)nc2cnc3ccccc3c21. The second kappa shape index (κ2) is 9.49. The van der Waals surface area contributed by atoms with Gasteiger partial charge in [0, 0.05) is 24.8 Å². The number of carbonyl (C=O) groups is 1. The molecule has 0 N–H and O–H groups in total. The monoisotopic (exact) mass is 367 g/mol. The van der Waals surface area contributed by atoms with E-state index in [1.165, 1.54) is 0 Å². The minimum absolute atomic E-state index is 0.0896. The largest absolute Gasteiger partial charge is 0.466 e. The summed E-state index contributed by atoms with van der Waals surface area (Å²) >= 11 is 0. The lowest BCUT2D eigenvalue weighted by molar-refractivity contribution is -0.143. The number of fused-ring (bicyclic) bond motifs is 3. The Morgan fingerprint density at radius 3 is 2.70 bits per heavy atom. The van der Waals surface area contributed by atoms with Crippen molar-refractivity contribution in [2.45, 2.75) is 65.3 Å². The number of rotatable bonds is 10. The molecule has 5 nitrogen and oxygen atoms in total. The molecule has 0 spiro atoms. The average molecular weight is 367 g/mol. The number of aryl methyl sites for hydroxylation is 2. The Hall–Kier alpha value is -2.43. The predicted octanol–water partition coefficient (Wildman–Crippen LogP) is 5.05. The van der Waals surface area contributed by atoms with Gasteiger partial charge in [0.25, 0.3) is 0 Å². The number of aromatic nitrogens is 3. The molecule has 0 atom stereocenters. The molecule has 0 fully saturated rings. The molecule has 2 heterocycles. The van der Waals surface area contributed by atoms with E-state index in [2.05, 4.69) is 29.5 Å². The summed E-state index contributed by atoms with van der Waals surface area (Å²) in [5.74, 6) is 1.01. The number of imidazole rings is 1. The Bertz CT molecular complexity index is 901. The van der Waals surface area contributed by atoms with E-state index in [1.807, 2.05) is 24.4 Å². The summed E-state index contributed by atoms with van der Waals surface area (Å²) < 4.78 is 7.68. The third kappa shape index (κ3) is 4.65. The first-order valence-electron chi connectivity index (χ1n) is 10.1. The fraction of sp³-hybridized carbons (Fsp3) is 0.500. The molecule has 0 aliphatic carbocycles. The Balaban J connectivity index is 1.80. The predicted molar refractivity (Wildman–Crippen MR) is 109 cm³/mol. The van der Waals surface area contributed by atoms with Crippen LogP contribution in [0.5, 0.6) is 0 Å². The summed E-state index contributed by atoms with van der Waals surface area (Å²) in [7, 11) is 0. The maximum absolute atomic E-state index is 11.7. The van der Waals surface area contributed by atoms with Crippen LogP contribution in [0.25, 0.3) is 21.9 Å². The van der Waals surface area contributed by atoms with Gasteiger partial charge >= 0.3 is 5.97 Å². The molecule has 3 aromatic rings. The van der Waals surface area contributed by atoms with E-state index >= 15 is 0 Å². The normalized spacial score (nSPS) is 11.3. The van der Waals surface area contributed by atoms with Crippen molar-refractivity contribution in [2.24, 2.45) is 0 Å². The van der Waals surface area contributed by atoms with Crippen molar-refractivity contribution in [1.82, 2.24) is 14.5 Å². The Morgan fingerprint density at radius 1 is 1.07 bits per heavy atom. The smallest absolute Gasteiger partial charge is 0.305 e. The number of nitrogens with zero attached hydrogens (tertiary/aromatic N) is 3. The molecule has 0 aliphatic heterocycles. The summed E-state index contributed by atoms with van der Waals surface area (Å²) in [5.41, 5.74) is 3.07. The van der Waals surface area contributed by atoms with Gasteiger partial charge in [0.2, 0.25) is 0 Å². The molecular weight excluding hydrogens is 338 g/mol. The number of carbonyl (C=O) groups excluding carboxylic acids is 1. The van der Waals surface area contributed by atoms with E-state index in [0.717, 1.165) is 72.8 Å². The number of esters is 1. The molecular formula is C22H29N3O2. The van der Waals surface area contributed by atoms with Crippen LogP contribution in [0.2, 0.25) is 0 Å². The Morgan fingerprint density at radius 2 is 1.89 bits per heavy atom. The first kappa shape index (κ1) is 19.3. The van der Waals surface area contributed by atoms with Crippen LogP contribution in [0, 0.1) is 0 Å². The van der Waals surface area contributed by atoms with Gasteiger partial charge in [0.15, 0.2) is 0 Å². The summed E-state index contributed by atoms with van der Waals surface area (Å²) in [4.78, 5) is 21.1. The van der Waals surface area contributed by atoms with Gasteiger partial charge in [0.05, 0.1) is 23.8 Å². The molecule has 1 aromatic carbocycles. The van der Waals surface area contributed by atoms with E-state index < -0.39 is 0 Å². The lowest BCUT2D eigenvalue weighted by Gasteiger charge is -2.11. The first-order valence-corrected chi connectivity index (χ1v) is 10.1. The molecule has 0 aliphatic rings. The standard InChI is InChI=1S/C22H29N3O2/c1-3-5-12-20-24-19-16-23-18-11-8-7-10-17(18)22(19)25(20)14-9-15-27-21(26)13-6-4-2/h7-8,10-11,16H,3-6,9,12-15H2,1-2H3. The van der Waals surface area contributed by atoms with Crippen LogP contribution in [-0.2, 0) is 22.5 Å². The average Bonchev–Trinajstić information content (AvgIpc) is 3.06. The molecule has 0 amide bonds. The van der Waals surface area contributed by atoms with Crippen molar-refractivity contribution in [1.29, 1.82) is 0 Å². The van der Waals surface area contributed by atoms with Gasteiger partial charge in [0.1, 0.15) is 11.3 Å². The van der Waals surface area contributed by atoms with E-state index in [0.29, 0.717) is 13.0 Å². The zero-order valence-electron chi connectivity index (χ0n) is 16.4. The molecule has 0 saturated heterocycles. The van der Waals surface area contributed by atoms with Crippen LogP contribution in [0.3, 0.4) is 0 Å². The number of unbranched alkanes of at least 4 members (excludes halogenated alkanes) is 2. The molecule has 27 heavy (non-hydrogen) atoms. The molecule has 3 rings (SSSR count). The molecule has 0 radical (unpaired) electrons. The number of pyridine rings is 1. The van der Waals surface area contributed by atoms with E-state index in [4.69, 9.17) is 9.72 Å². The molecule has 0 saturated carbocycles. The number of benzene rings is 1. The van der Waals surface area contributed by atoms with E-state index in [-0.39, 0.29) is 5.97 Å². The second-order valence-corrected chi connectivity index (χ2v) is 6.97. The Kier molecular flexibility index (Phi) is 6.80. The highest BCUT2D eigenvalue weighted by molar-refractivity contribution is 6.02. The van der Waals surface area contributed by atoms with Crippen LogP contribution >= 0.6 is 0 Å². The maximum Gasteiger partial charge on any atom is 0.305 e. The van der Waals surface area contributed by atoms with Crippen LogP contribution in [0.1, 0.15) is 58.2 Å². The van der Waals surface area contributed by atoms with Gasteiger partial charge in [-0.05, 0) is 25.3 Å². The quantitative estimate of drug-likeness (QED) is 0.372. The van der Waals surface area contributed by atoms with Crippen LogP contribution in [-0.4, -0.2) is 27.1 Å². The Labute approximate surface area is 160 Å². The molecule has 5 heteroatoms. The molecule has 2 aromatic heterocycles. The van der Waals surface area contributed by atoms with Crippen molar-refractivity contribution >= 4 is 27.9 Å². The van der Waals surface area contributed by atoms with Gasteiger partial charge in [-0.2, -0.15) is 0 Å². The van der Waals surface area contributed by atoms with E-state index in [9.17, 15) is 4.79 Å². The minimum Gasteiger partial charge on any atom is -0.466 e. The fourth-order valence-electron chi connectivity index (χ4n) is 3.38. The van der Waals surface area contributed by atoms with E-state index in [1.54, 1.807) is 0 Å². The van der Waals surface area contributed by atoms with Gasteiger partial charge in [-0.15, -0.1) is 0 Å². The van der Waals surface area contributed by atoms with Crippen LogP contribution < -0.4 is 0 Å². The maximum atomic E-state index is 11.7. The summed E-state index contributed by atoms with van der Waals surface area (Å²) in [6.45, 7) is 5.53. The summed E-state index contributed by atoms with van der Waals surface area (Å²) in [6.07, 6.45) is 8.28. The number of para-hydroxylation sites is 1. The molecule has 144 valence electrons. The van der Waals surface area contributed by atoms with Crippen molar-refractivity contribution in [3.8, 4) is 0 Å². The molecule has 0 unspecified atom stereocenters. The highest BCUT2D eigenvalue weighted by Gasteiger charge is 2.14. The van der Waals surface area contributed by atoms with Crippen molar-refractivity contribution in [3.63, 3.8) is 0 Å². The summed E-state index contributed by atoms with van der Waals surface area (Å²) in [5, 5.41) is 1.13. The highest BCUT2D eigenvalue weighted by atomic mass is 16.5. The molecule has 0 bridgehead atoms. The lowest BCUT2D eigenvalue weighted by Crippen LogP contribution is -2.10. The number of hydrogen-bond donors (Lipinski definition) is 0. The highest BCUT2D eigenvalue weighted by Crippen LogP contribution is 2.25. The van der Waals surface area contributed by atoms with Crippen LogP contribution in [0.15, 0.2) is 30.5 Å². The topological polar surface area (TPSA) is 57.0 Å². The number of hydrogen-bond acceptors (Lipinski definition) is 4. The van der Waals surface area contributed by atoms with Crippen LogP contribution in [0.4, 0.5) is 0 Å². The second-order valence-electron chi connectivity index (χ2n) is 6.97. The number of ether oxygens (including phenoxy) is 1. The van der Waals surface area contributed by atoms with Gasteiger partial charge in [-0.3, -0.25) is 9.78 Å². The zero-order chi connectivity index (χ0) is 19.1. The van der Waals surface area contributed by atoms with Gasteiger partial charge < -0.3 is 9.30 Å². The fourth-order valence-corrected chi connectivity index (χ4v) is 3.38. The lowest BCUT2D eigenvalue weighted by atomic mass is 10.2. The zero-order valence-corrected chi connectivity index (χ0v) is 16.4. The van der Waals surface area contributed by atoms with Crippen molar-refractivity contribution in [3.05, 3.63) is 36.3 Å². The summed E-state index contributed by atoms with van der Waals surface area (Å²) in [6, 6.07) is 8.20. The van der Waals surface area contributed by atoms with Crippen molar-refractivity contribution in [2.75, 3.05) is 6.61 Å². The van der Waals surface area contributed by atoms with Gasteiger partial charge in [-0.1, -0.05) is 44.9 Å².